The van der Waals surface area contributed by atoms with E-state index in [2.05, 4.69) is 26.3 Å². The fourth-order valence-electron chi connectivity index (χ4n) is 5.98. The number of nitrogens with one attached hydrogen (secondary N) is 1. The number of carbonyl (C=O) groups excluding carboxylic acids is 1. The first-order valence-corrected chi connectivity index (χ1v) is 16.9. The maximum atomic E-state index is 14.2. The number of anilines is 2. The number of aromatic nitrogens is 2. The predicted molar refractivity (Wildman–Crippen MR) is 155 cm³/mol. The Morgan fingerprint density at radius 1 is 1.11 bits per heavy atom. The molecule has 1 saturated heterocycles. The molecule has 1 N–H and O–H groups in total. The molecule has 3 aliphatic heterocycles. The fourth-order valence-corrected chi connectivity index (χ4v) is 8.90. The van der Waals surface area contributed by atoms with Gasteiger partial charge in [0.05, 0.1) is 40.5 Å². The summed E-state index contributed by atoms with van der Waals surface area (Å²) in [5, 5.41) is 3.14. The Hall–Kier alpha value is -3.14. The smallest absolute Gasteiger partial charge is 0.377 e. The van der Waals surface area contributed by atoms with E-state index in [1.54, 1.807) is 0 Å². The first kappa shape index (κ1) is 29.6. The van der Waals surface area contributed by atoms with E-state index < -0.39 is 39.9 Å². The molecule has 7 rings (SSSR count). The number of ether oxygens (including phenoxy) is 1. The highest BCUT2D eigenvalue weighted by Gasteiger charge is 2.41. The second kappa shape index (κ2) is 11.0. The molecule has 3 aromatic rings. The van der Waals surface area contributed by atoms with Crippen LogP contribution in [-0.2, 0) is 33.7 Å². The average Bonchev–Trinajstić information content (AvgIpc) is 3.70. The first-order valence-electron chi connectivity index (χ1n) is 14.4. The number of benzene rings is 1. The Kier molecular flexibility index (Phi) is 7.41. The van der Waals surface area contributed by atoms with Crippen LogP contribution in [0.15, 0.2) is 29.3 Å². The van der Waals surface area contributed by atoms with E-state index in [-0.39, 0.29) is 52.2 Å². The van der Waals surface area contributed by atoms with E-state index in [0.29, 0.717) is 55.2 Å². The molecule has 4 aliphatic rings. The van der Waals surface area contributed by atoms with Crippen LogP contribution in [0.1, 0.15) is 50.7 Å². The number of carbonyl (C=O) groups is 1. The van der Waals surface area contributed by atoms with Crippen LogP contribution in [-0.4, -0.2) is 85.4 Å². The van der Waals surface area contributed by atoms with Crippen LogP contribution < -0.4 is 5.32 Å². The third-order valence-electron chi connectivity index (χ3n) is 8.61. The number of hydrogen-bond donors (Lipinski definition) is 1. The van der Waals surface area contributed by atoms with E-state index in [1.807, 2.05) is 6.07 Å². The van der Waals surface area contributed by atoms with Crippen molar-refractivity contribution in [2.75, 3.05) is 50.6 Å². The second-order valence-corrected chi connectivity index (χ2v) is 14.7. The molecule has 5 heterocycles. The molecule has 44 heavy (non-hydrogen) atoms. The summed E-state index contributed by atoms with van der Waals surface area (Å²) in [7, 11) is -3.94. The van der Waals surface area contributed by atoms with Gasteiger partial charge in [-0.25, -0.2) is 22.8 Å². The number of alkyl halides is 4. The summed E-state index contributed by atoms with van der Waals surface area (Å²) in [4.78, 5) is 24.7. The molecule has 2 aromatic heterocycles. The normalized spacial score (nSPS) is 20.5. The lowest BCUT2D eigenvalue weighted by Gasteiger charge is -2.36. The van der Waals surface area contributed by atoms with Crippen LogP contribution in [0.5, 0.6) is 0 Å². The van der Waals surface area contributed by atoms with Gasteiger partial charge in [0, 0.05) is 38.1 Å². The quantitative estimate of drug-likeness (QED) is 0.364. The summed E-state index contributed by atoms with van der Waals surface area (Å²) in [6, 6.07) is 4.93. The first-order chi connectivity index (χ1) is 21.0. The molecule has 0 atom stereocenters. The maximum absolute atomic E-state index is 14.2. The summed E-state index contributed by atoms with van der Waals surface area (Å²) in [5.74, 6) is -0.661. The summed E-state index contributed by atoms with van der Waals surface area (Å²) >= 11 is 0.693. The summed E-state index contributed by atoms with van der Waals surface area (Å²) in [5.41, 5.74) is 2.27. The van der Waals surface area contributed by atoms with Gasteiger partial charge in [-0.1, -0.05) is 6.07 Å². The lowest BCUT2D eigenvalue weighted by molar-refractivity contribution is -0.137. The highest BCUT2D eigenvalue weighted by molar-refractivity contribution is 7.91. The van der Waals surface area contributed by atoms with Crippen molar-refractivity contribution in [1.29, 1.82) is 0 Å². The van der Waals surface area contributed by atoms with Gasteiger partial charge in [-0.05, 0) is 54.0 Å². The van der Waals surface area contributed by atoms with E-state index in [4.69, 9.17) is 4.74 Å². The third-order valence-corrected chi connectivity index (χ3v) is 11.6. The zero-order valence-electron chi connectivity index (χ0n) is 23.5. The number of thiophene rings is 1. The van der Waals surface area contributed by atoms with Gasteiger partial charge < -0.3 is 15.0 Å². The monoisotopic (exact) mass is 651 g/mol. The Bertz CT molecular complexity index is 1740. The number of fused-ring (bicyclic) bond motifs is 2. The average molecular weight is 652 g/mol. The highest BCUT2D eigenvalue weighted by atomic mass is 32.2. The number of nitrogens with zero attached hydrogens (tertiary/aromatic N) is 4. The third kappa shape index (κ3) is 5.48. The van der Waals surface area contributed by atoms with E-state index in [9.17, 15) is 30.8 Å². The summed E-state index contributed by atoms with van der Waals surface area (Å²) < 4.78 is 87.0. The van der Waals surface area contributed by atoms with Gasteiger partial charge in [0.1, 0.15) is 17.1 Å². The number of halogens is 4. The lowest BCUT2D eigenvalue weighted by Crippen LogP contribution is -2.52. The van der Waals surface area contributed by atoms with Gasteiger partial charge >= 0.3 is 6.18 Å². The molecule has 9 nitrogen and oxygen atoms in total. The van der Waals surface area contributed by atoms with Crippen LogP contribution in [0.4, 0.5) is 29.2 Å². The topological polar surface area (TPSA) is 105 Å². The molecule has 0 bridgehead atoms. The Morgan fingerprint density at radius 2 is 1.91 bits per heavy atom. The number of hydrogen-bond acceptors (Lipinski definition) is 9. The number of rotatable bonds is 7. The van der Waals surface area contributed by atoms with Crippen molar-refractivity contribution in [1.82, 2.24) is 19.8 Å². The van der Waals surface area contributed by atoms with E-state index >= 15 is 0 Å². The van der Waals surface area contributed by atoms with Crippen LogP contribution in [0.3, 0.4) is 0 Å². The molecular formula is C29H29F4N5O4S2. The summed E-state index contributed by atoms with van der Waals surface area (Å²) in [6.07, 6.45) is -1.47. The standard InChI is InChI=1S/C29H29F4N5O4S2/c30-4-6-37-5-3-17-10-22(20(16-1-2-16)9-18(17)13-37)35-28-34-12-21(29(31,32)33)25(36-28)23-11-24-26(43-23)27(39)38(19-14-42-15-19)7-8-44(24,40)41/h9-12,16,19H,1-8,13-15H2,(H,34,35,36). The van der Waals surface area contributed by atoms with Gasteiger partial charge in [0.2, 0.25) is 5.95 Å². The van der Waals surface area contributed by atoms with Crippen LogP contribution >= 0.6 is 11.3 Å². The predicted octanol–water partition coefficient (Wildman–Crippen LogP) is 4.80. The van der Waals surface area contributed by atoms with Crippen molar-refractivity contribution >= 4 is 38.7 Å². The molecule has 0 spiro atoms. The van der Waals surface area contributed by atoms with Crippen molar-refractivity contribution in [2.45, 2.75) is 48.8 Å². The molecule has 1 aromatic carbocycles. The van der Waals surface area contributed by atoms with Gasteiger partial charge in [-0.2, -0.15) is 13.2 Å². The zero-order valence-corrected chi connectivity index (χ0v) is 25.1. The van der Waals surface area contributed by atoms with Gasteiger partial charge in [-0.15, -0.1) is 11.3 Å². The minimum Gasteiger partial charge on any atom is -0.377 e. The number of amides is 1. The molecule has 0 radical (unpaired) electrons. The minimum absolute atomic E-state index is 0.0146. The van der Waals surface area contributed by atoms with Crippen molar-refractivity contribution in [2.24, 2.45) is 0 Å². The highest BCUT2D eigenvalue weighted by Crippen LogP contribution is 2.46. The van der Waals surface area contributed by atoms with Crippen LogP contribution in [0.2, 0.25) is 0 Å². The SMILES string of the molecule is O=C1c2sc(-c3nc(Nc4cc5c(cc4C4CC4)CN(CCF)CC5)ncc3C(F)(F)F)cc2S(=O)(=O)CCN1C1COC1. The molecule has 15 heteroatoms. The van der Waals surface area contributed by atoms with Crippen molar-refractivity contribution in [3.8, 4) is 10.6 Å². The lowest BCUT2D eigenvalue weighted by atomic mass is 9.94. The van der Waals surface area contributed by atoms with Crippen molar-refractivity contribution in [3.63, 3.8) is 0 Å². The summed E-state index contributed by atoms with van der Waals surface area (Å²) in [6.45, 7) is 1.83. The van der Waals surface area contributed by atoms with Gasteiger partial charge in [-0.3, -0.25) is 9.69 Å². The van der Waals surface area contributed by atoms with E-state index in [1.165, 1.54) is 4.90 Å². The molecular weight excluding hydrogens is 622 g/mol. The zero-order chi connectivity index (χ0) is 30.8. The van der Waals surface area contributed by atoms with Crippen LogP contribution in [0.25, 0.3) is 10.6 Å². The van der Waals surface area contributed by atoms with Crippen molar-refractivity contribution < 1.29 is 35.5 Å². The van der Waals surface area contributed by atoms with Crippen LogP contribution in [0, 0.1) is 0 Å². The largest absolute Gasteiger partial charge is 0.420 e. The van der Waals surface area contributed by atoms with Crippen molar-refractivity contribution in [3.05, 3.63) is 51.5 Å². The molecule has 2 fully saturated rings. The molecule has 1 amide bonds. The Labute approximate surface area is 255 Å². The molecule has 1 saturated carbocycles. The van der Waals surface area contributed by atoms with E-state index in [0.717, 1.165) is 35.6 Å². The fraction of sp³-hybridized carbons (Fsp3) is 0.483. The Morgan fingerprint density at radius 3 is 2.59 bits per heavy atom. The molecule has 1 aliphatic carbocycles. The van der Waals surface area contributed by atoms with Gasteiger partial charge in [0.25, 0.3) is 5.91 Å². The molecule has 0 unspecified atom stereocenters. The Balaban J connectivity index is 1.27. The number of sulfone groups is 1. The maximum Gasteiger partial charge on any atom is 0.420 e. The minimum atomic E-state index is -4.83. The van der Waals surface area contributed by atoms with Gasteiger partial charge in [0.15, 0.2) is 9.84 Å². The second-order valence-electron chi connectivity index (χ2n) is 11.6. The molecule has 234 valence electrons.